The molecule has 110 valence electrons. The Hall–Kier alpha value is -1.88. The van der Waals surface area contributed by atoms with Crippen molar-refractivity contribution < 1.29 is 14.7 Å². The van der Waals surface area contributed by atoms with Crippen molar-refractivity contribution in [3.05, 3.63) is 29.8 Å². The van der Waals surface area contributed by atoms with Crippen molar-refractivity contribution in [2.75, 3.05) is 11.9 Å². The largest absolute Gasteiger partial charge is 0.392 e. The van der Waals surface area contributed by atoms with Crippen LogP contribution < -0.4 is 10.6 Å². The number of carbonyl (C=O) groups excluding carboxylic acids is 2. The Bertz CT molecular complexity index is 473. The van der Waals surface area contributed by atoms with E-state index in [-0.39, 0.29) is 12.0 Å². The standard InChI is InChI=1S/C15H22N2O3/c1-10(18)9-16-13(19)14(20)17-12-7-5-11(6-8-12)15(2,3)4/h5-8,10,18H,9H2,1-4H3,(H,16,19)(H,17,20). The minimum Gasteiger partial charge on any atom is -0.392 e. The molecule has 1 aromatic carbocycles. The fourth-order valence-electron chi connectivity index (χ4n) is 1.56. The van der Waals surface area contributed by atoms with E-state index in [1.807, 2.05) is 12.1 Å². The van der Waals surface area contributed by atoms with Crippen molar-refractivity contribution in [3.8, 4) is 0 Å². The molecule has 0 fully saturated rings. The van der Waals surface area contributed by atoms with E-state index >= 15 is 0 Å². The second-order valence-electron chi connectivity index (χ2n) is 5.84. The lowest BCUT2D eigenvalue weighted by atomic mass is 9.87. The van der Waals surface area contributed by atoms with E-state index in [4.69, 9.17) is 5.11 Å². The number of aliphatic hydroxyl groups is 1. The van der Waals surface area contributed by atoms with Gasteiger partial charge in [0.25, 0.3) is 0 Å². The van der Waals surface area contributed by atoms with Crippen LogP contribution in [0.3, 0.4) is 0 Å². The van der Waals surface area contributed by atoms with Crippen LogP contribution >= 0.6 is 0 Å². The molecule has 5 nitrogen and oxygen atoms in total. The van der Waals surface area contributed by atoms with Crippen molar-refractivity contribution in [2.45, 2.75) is 39.2 Å². The van der Waals surface area contributed by atoms with Gasteiger partial charge in [-0.25, -0.2) is 0 Å². The van der Waals surface area contributed by atoms with Gasteiger partial charge in [0.2, 0.25) is 0 Å². The third-order valence-corrected chi connectivity index (χ3v) is 2.77. The molecule has 0 bridgehead atoms. The summed E-state index contributed by atoms with van der Waals surface area (Å²) >= 11 is 0. The van der Waals surface area contributed by atoms with E-state index in [0.717, 1.165) is 5.56 Å². The summed E-state index contributed by atoms with van der Waals surface area (Å²) in [5.74, 6) is -1.50. The van der Waals surface area contributed by atoms with Gasteiger partial charge in [0, 0.05) is 12.2 Å². The molecule has 2 amide bonds. The van der Waals surface area contributed by atoms with E-state index < -0.39 is 17.9 Å². The van der Waals surface area contributed by atoms with E-state index in [1.54, 1.807) is 12.1 Å². The molecule has 1 atom stereocenters. The predicted molar refractivity (Wildman–Crippen MR) is 78.5 cm³/mol. The zero-order chi connectivity index (χ0) is 15.3. The average Bonchev–Trinajstić information content (AvgIpc) is 2.35. The molecule has 0 aliphatic carbocycles. The number of anilines is 1. The van der Waals surface area contributed by atoms with Crippen LogP contribution in [0.25, 0.3) is 0 Å². The normalized spacial score (nSPS) is 12.7. The second-order valence-corrected chi connectivity index (χ2v) is 5.84. The molecule has 1 unspecified atom stereocenters. The van der Waals surface area contributed by atoms with Crippen molar-refractivity contribution in [2.24, 2.45) is 0 Å². The van der Waals surface area contributed by atoms with Crippen LogP contribution in [0.2, 0.25) is 0 Å². The highest BCUT2D eigenvalue weighted by molar-refractivity contribution is 6.39. The van der Waals surface area contributed by atoms with Gasteiger partial charge >= 0.3 is 11.8 Å². The highest BCUT2D eigenvalue weighted by Crippen LogP contribution is 2.23. The minimum absolute atomic E-state index is 0.0389. The SMILES string of the molecule is CC(O)CNC(=O)C(=O)Nc1ccc(C(C)(C)C)cc1. The number of aliphatic hydroxyl groups excluding tert-OH is 1. The van der Waals surface area contributed by atoms with Crippen LogP contribution in [-0.4, -0.2) is 29.6 Å². The van der Waals surface area contributed by atoms with Gasteiger partial charge in [-0.2, -0.15) is 0 Å². The van der Waals surface area contributed by atoms with E-state index in [1.165, 1.54) is 6.92 Å². The number of carbonyl (C=O) groups is 2. The first-order valence-electron chi connectivity index (χ1n) is 6.58. The third kappa shape index (κ3) is 5.01. The van der Waals surface area contributed by atoms with E-state index in [9.17, 15) is 9.59 Å². The number of hydrogen-bond donors (Lipinski definition) is 3. The highest BCUT2D eigenvalue weighted by atomic mass is 16.3. The van der Waals surface area contributed by atoms with Gasteiger partial charge in [-0.05, 0) is 30.0 Å². The minimum atomic E-state index is -0.759. The predicted octanol–water partition coefficient (Wildman–Crippen LogP) is 1.42. The Labute approximate surface area is 119 Å². The monoisotopic (exact) mass is 278 g/mol. The van der Waals surface area contributed by atoms with Gasteiger partial charge in [-0.3, -0.25) is 9.59 Å². The van der Waals surface area contributed by atoms with Crippen LogP contribution in [0, 0.1) is 0 Å². The summed E-state index contributed by atoms with van der Waals surface area (Å²) in [4.78, 5) is 23.0. The molecule has 0 aromatic heterocycles. The van der Waals surface area contributed by atoms with E-state index in [0.29, 0.717) is 5.69 Å². The van der Waals surface area contributed by atoms with Crippen molar-refractivity contribution >= 4 is 17.5 Å². The Morgan fingerprint density at radius 2 is 1.70 bits per heavy atom. The lowest BCUT2D eigenvalue weighted by Gasteiger charge is -2.19. The smallest absolute Gasteiger partial charge is 0.313 e. The molecule has 5 heteroatoms. The summed E-state index contributed by atoms with van der Waals surface area (Å²) in [6, 6.07) is 7.37. The zero-order valence-corrected chi connectivity index (χ0v) is 12.4. The molecule has 3 N–H and O–H groups in total. The summed E-state index contributed by atoms with van der Waals surface area (Å²) in [5, 5.41) is 13.9. The average molecular weight is 278 g/mol. The second kappa shape index (κ2) is 6.52. The van der Waals surface area contributed by atoms with Crippen LogP contribution in [0.4, 0.5) is 5.69 Å². The molecule has 0 heterocycles. The number of nitrogens with one attached hydrogen (secondary N) is 2. The molecule has 0 aliphatic heterocycles. The maximum absolute atomic E-state index is 11.6. The zero-order valence-electron chi connectivity index (χ0n) is 12.4. The first-order chi connectivity index (χ1) is 9.20. The highest BCUT2D eigenvalue weighted by Gasteiger charge is 2.15. The summed E-state index contributed by atoms with van der Waals surface area (Å²) in [5.41, 5.74) is 1.75. The number of rotatable bonds is 3. The number of amides is 2. The lowest BCUT2D eigenvalue weighted by molar-refractivity contribution is -0.136. The number of hydrogen-bond acceptors (Lipinski definition) is 3. The quantitative estimate of drug-likeness (QED) is 0.732. The third-order valence-electron chi connectivity index (χ3n) is 2.77. The van der Waals surface area contributed by atoms with Gasteiger partial charge in [0.05, 0.1) is 6.10 Å². The first-order valence-corrected chi connectivity index (χ1v) is 6.58. The van der Waals surface area contributed by atoms with Gasteiger partial charge in [-0.1, -0.05) is 32.9 Å². The van der Waals surface area contributed by atoms with Crippen molar-refractivity contribution in [1.82, 2.24) is 5.32 Å². The Balaban J connectivity index is 2.60. The van der Waals surface area contributed by atoms with Gasteiger partial charge in [-0.15, -0.1) is 0 Å². The Morgan fingerprint density at radius 3 is 2.15 bits per heavy atom. The Kier molecular flexibility index (Phi) is 5.27. The molecule has 20 heavy (non-hydrogen) atoms. The molecule has 1 rings (SSSR count). The molecule has 0 radical (unpaired) electrons. The summed E-state index contributed by atoms with van der Waals surface area (Å²) < 4.78 is 0. The van der Waals surface area contributed by atoms with Crippen molar-refractivity contribution in [3.63, 3.8) is 0 Å². The molecule has 0 saturated carbocycles. The fourth-order valence-corrected chi connectivity index (χ4v) is 1.56. The van der Waals surface area contributed by atoms with Gasteiger partial charge < -0.3 is 15.7 Å². The summed E-state index contributed by atoms with van der Waals surface area (Å²) in [6.45, 7) is 7.89. The first kappa shape index (κ1) is 16.2. The van der Waals surface area contributed by atoms with E-state index in [2.05, 4.69) is 31.4 Å². The van der Waals surface area contributed by atoms with Crippen LogP contribution in [0.1, 0.15) is 33.3 Å². The molecule has 0 spiro atoms. The maximum atomic E-state index is 11.6. The maximum Gasteiger partial charge on any atom is 0.313 e. The topological polar surface area (TPSA) is 78.4 Å². The lowest BCUT2D eigenvalue weighted by Crippen LogP contribution is -2.38. The molecule has 0 aliphatic rings. The van der Waals surface area contributed by atoms with Gasteiger partial charge in [0.15, 0.2) is 0 Å². The molecular formula is C15H22N2O3. The van der Waals surface area contributed by atoms with Crippen LogP contribution in [0.15, 0.2) is 24.3 Å². The molecule has 1 aromatic rings. The van der Waals surface area contributed by atoms with Gasteiger partial charge in [0.1, 0.15) is 0 Å². The summed E-state index contributed by atoms with van der Waals surface area (Å²) in [6.07, 6.45) is -0.683. The van der Waals surface area contributed by atoms with Crippen molar-refractivity contribution in [1.29, 1.82) is 0 Å². The molecule has 0 saturated heterocycles. The molecular weight excluding hydrogens is 256 g/mol. The fraction of sp³-hybridized carbons (Fsp3) is 0.467. The summed E-state index contributed by atoms with van der Waals surface area (Å²) in [7, 11) is 0. The Morgan fingerprint density at radius 1 is 1.15 bits per heavy atom. The van der Waals surface area contributed by atoms with Crippen LogP contribution in [0.5, 0.6) is 0 Å². The number of benzene rings is 1. The van der Waals surface area contributed by atoms with Crippen LogP contribution in [-0.2, 0) is 15.0 Å².